The summed E-state index contributed by atoms with van der Waals surface area (Å²) in [6.45, 7) is 1.09. The van der Waals surface area contributed by atoms with E-state index in [1.807, 2.05) is 0 Å². The zero-order valence-corrected chi connectivity index (χ0v) is 11.0. The third-order valence-corrected chi connectivity index (χ3v) is 3.33. The SMILES string of the molecule is NC1(C(=O)NCc2cc(C(=O)O)ccn2)CCOCC1. The van der Waals surface area contributed by atoms with Crippen LogP contribution >= 0.6 is 0 Å². The number of carbonyl (C=O) groups is 2. The molecule has 0 bridgehead atoms. The van der Waals surface area contributed by atoms with Gasteiger partial charge < -0.3 is 20.9 Å². The zero-order chi connectivity index (χ0) is 14.6. The Labute approximate surface area is 116 Å². The molecule has 1 aromatic rings. The molecule has 108 valence electrons. The number of aromatic carboxylic acids is 1. The lowest BCUT2D eigenvalue weighted by Crippen LogP contribution is -2.56. The Kier molecular flexibility index (Phi) is 4.31. The summed E-state index contributed by atoms with van der Waals surface area (Å²) in [5.41, 5.74) is 5.74. The summed E-state index contributed by atoms with van der Waals surface area (Å²) in [4.78, 5) is 26.9. The minimum absolute atomic E-state index is 0.137. The number of carboxylic acids is 1. The molecular formula is C13H17N3O4. The van der Waals surface area contributed by atoms with Crippen molar-refractivity contribution < 1.29 is 19.4 Å². The van der Waals surface area contributed by atoms with Gasteiger partial charge in [0.25, 0.3) is 0 Å². The summed E-state index contributed by atoms with van der Waals surface area (Å²) in [7, 11) is 0. The molecule has 1 aliphatic heterocycles. The maximum absolute atomic E-state index is 12.1. The predicted molar refractivity (Wildman–Crippen MR) is 70.0 cm³/mol. The van der Waals surface area contributed by atoms with E-state index in [0.29, 0.717) is 31.7 Å². The van der Waals surface area contributed by atoms with Crippen LogP contribution in [0.25, 0.3) is 0 Å². The Morgan fingerprint density at radius 1 is 1.45 bits per heavy atom. The Bertz CT molecular complexity index is 512. The van der Waals surface area contributed by atoms with Crippen LogP contribution in [0.1, 0.15) is 28.9 Å². The Balaban J connectivity index is 1.96. The molecule has 1 saturated heterocycles. The van der Waals surface area contributed by atoms with Gasteiger partial charge in [-0.15, -0.1) is 0 Å². The fourth-order valence-electron chi connectivity index (χ4n) is 2.02. The standard InChI is InChI=1S/C13H17N3O4/c14-13(2-5-20-6-3-13)12(19)16-8-10-7-9(11(17)18)1-4-15-10/h1,4,7H,2-3,5-6,8,14H2,(H,16,19)(H,17,18). The molecule has 4 N–H and O–H groups in total. The molecule has 0 aromatic carbocycles. The number of hydrogen-bond donors (Lipinski definition) is 3. The van der Waals surface area contributed by atoms with Crippen molar-refractivity contribution in [3.8, 4) is 0 Å². The van der Waals surface area contributed by atoms with E-state index in [4.69, 9.17) is 15.6 Å². The molecule has 7 heteroatoms. The van der Waals surface area contributed by atoms with Crippen molar-refractivity contribution in [1.82, 2.24) is 10.3 Å². The monoisotopic (exact) mass is 279 g/mol. The first kappa shape index (κ1) is 14.4. The van der Waals surface area contributed by atoms with Crippen LogP contribution in [-0.4, -0.2) is 40.7 Å². The van der Waals surface area contributed by atoms with E-state index in [0.717, 1.165) is 0 Å². The van der Waals surface area contributed by atoms with Crippen LogP contribution in [0.2, 0.25) is 0 Å². The summed E-state index contributed by atoms with van der Waals surface area (Å²) >= 11 is 0. The molecule has 0 aliphatic carbocycles. The Morgan fingerprint density at radius 3 is 2.80 bits per heavy atom. The van der Waals surface area contributed by atoms with Crippen LogP contribution in [0.5, 0.6) is 0 Å². The summed E-state index contributed by atoms with van der Waals surface area (Å²) in [5.74, 6) is -1.29. The van der Waals surface area contributed by atoms with Gasteiger partial charge in [-0.25, -0.2) is 4.79 Å². The third-order valence-electron chi connectivity index (χ3n) is 3.33. The van der Waals surface area contributed by atoms with Crippen molar-refractivity contribution in [1.29, 1.82) is 0 Å². The number of nitrogens with one attached hydrogen (secondary N) is 1. The number of aromatic nitrogens is 1. The lowest BCUT2D eigenvalue weighted by atomic mass is 9.90. The number of nitrogens with zero attached hydrogens (tertiary/aromatic N) is 1. The van der Waals surface area contributed by atoms with Gasteiger partial charge in [0.05, 0.1) is 23.3 Å². The normalized spacial score (nSPS) is 17.4. The fourth-order valence-corrected chi connectivity index (χ4v) is 2.02. The van der Waals surface area contributed by atoms with E-state index in [9.17, 15) is 9.59 Å². The number of hydrogen-bond acceptors (Lipinski definition) is 5. The highest BCUT2D eigenvalue weighted by Crippen LogP contribution is 2.17. The van der Waals surface area contributed by atoms with Crippen LogP contribution in [-0.2, 0) is 16.1 Å². The highest BCUT2D eigenvalue weighted by molar-refractivity contribution is 5.88. The van der Waals surface area contributed by atoms with Gasteiger partial charge in [0.2, 0.25) is 5.91 Å². The fraction of sp³-hybridized carbons (Fsp3) is 0.462. The van der Waals surface area contributed by atoms with Gasteiger partial charge >= 0.3 is 5.97 Å². The number of carboxylic acid groups (broad SMARTS) is 1. The van der Waals surface area contributed by atoms with E-state index >= 15 is 0 Å². The van der Waals surface area contributed by atoms with Crippen molar-refractivity contribution in [3.63, 3.8) is 0 Å². The molecule has 0 saturated carbocycles. The summed E-state index contributed by atoms with van der Waals surface area (Å²) in [6, 6.07) is 2.83. The van der Waals surface area contributed by atoms with Gasteiger partial charge in [-0.2, -0.15) is 0 Å². The molecule has 7 nitrogen and oxygen atoms in total. The third kappa shape index (κ3) is 3.31. The van der Waals surface area contributed by atoms with Gasteiger partial charge in [-0.05, 0) is 25.0 Å². The van der Waals surface area contributed by atoms with E-state index < -0.39 is 11.5 Å². The number of nitrogens with two attached hydrogens (primary N) is 1. The minimum Gasteiger partial charge on any atom is -0.478 e. The Hall–Kier alpha value is -1.99. The van der Waals surface area contributed by atoms with Crippen LogP contribution in [0.3, 0.4) is 0 Å². The average molecular weight is 279 g/mol. The molecular weight excluding hydrogens is 262 g/mol. The van der Waals surface area contributed by atoms with Crippen LogP contribution in [0, 0.1) is 0 Å². The van der Waals surface area contributed by atoms with Gasteiger partial charge in [-0.3, -0.25) is 9.78 Å². The molecule has 0 spiro atoms. The zero-order valence-electron chi connectivity index (χ0n) is 11.0. The first-order chi connectivity index (χ1) is 9.51. The number of rotatable bonds is 4. The molecule has 1 amide bonds. The lowest BCUT2D eigenvalue weighted by Gasteiger charge is -2.31. The van der Waals surface area contributed by atoms with E-state index in [1.165, 1.54) is 18.3 Å². The van der Waals surface area contributed by atoms with Crippen molar-refractivity contribution in [2.75, 3.05) is 13.2 Å². The largest absolute Gasteiger partial charge is 0.478 e. The van der Waals surface area contributed by atoms with Crippen LogP contribution in [0.4, 0.5) is 0 Å². The maximum Gasteiger partial charge on any atom is 0.335 e. The highest BCUT2D eigenvalue weighted by atomic mass is 16.5. The van der Waals surface area contributed by atoms with Gasteiger partial charge in [0, 0.05) is 19.4 Å². The summed E-state index contributed by atoms with van der Waals surface area (Å²) < 4.78 is 5.18. The van der Waals surface area contributed by atoms with Crippen molar-refractivity contribution in [2.45, 2.75) is 24.9 Å². The Morgan fingerprint density at radius 2 is 2.15 bits per heavy atom. The highest BCUT2D eigenvalue weighted by Gasteiger charge is 2.35. The van der Waals surface area contributed by atoms with E-state index in [-0.39, 0.29) is 18.0 Å². The van der Waals surface area contributed by atoms with Crippen molar-refractivity contribution >= 4 is 11.9 Å². The lowest BCUT2D eigenvalue weighted by molar-refractivity contribution is -0.129. The van der Waals surface area contributed by atoms with Crippen molar-refractivity contribution in [3.05, 3.63) is 29.6 Å². The maximum atomic E-state index is 12.1. The molecule has 1 aliphatic rings. The molecule has 1 fully saturated rings. The smallest absolute Gasteiger partial charge is 0.335 e. The molecule has 0 radical (unpaired) electrons. The number of amides is 1. The predicted octanol–water partition coefficient (Wildman–Crippen LogP) is -0.0961. The second kappa shape index (κ2) is 5.98. The molecule has 2 heterocycles. The number of ether oxygens (including phenoxy) is 1. The quantitative estimate of drug-likeness (QED) is 0.709. The van der Waals surface area contributed by atoms with Gasteiger partial charge in [0.15, 0.2) is 0 Å². The van der Waals surface area contributed by atoms with Crippen LogP contribution < -0.4 is 11.1 Å². The first-order valence-corrected chi connectivity index (χ1v) is 6.34. The van der Waals surface area contributed by atoms with Gasteiger partial charge in [0.1, 0.15) is 0 Å². The van der Waals surface area contributed by atoms with Crippen molar-refractivity contribution in [2.24, 2.45) is 5.73 Å². The second-order valence-electron chi connectivity index (χ2n) is 4.79. The number of pyridine rings is 1. The number of carbonyl (C=O) groups excluding carboxylic acids is 1. The minimum atomic E-state index is -1.03. The summed E-state index contributed by atoms with van der Waals surface area (Å²) in [5, 5.41) is 11.6. The summed E-state index contributed by atoms with van der Waals surface area (Å²) in [6.07, 6.45) is 2.35. The average Bonchev–Trinajstić information content (AvgIpc) is 2.45. The second-order valence-corrected chi connectivity index (χ2v) is 4.79. The molecule has 20 heavy (non-hydrogen) atoms. The van der Waals surface area contributed by atoms with E-state index in [2.05, 4.69) is 10.3 Å². The van der Waals surface area contributed by atoms with E-state index in [1.54, 1.807) is 0 Å². The molecule has 1 aromatic heterocycles. The van der Waals surface area contributed by atoms with Gasteiger partial charge in [-0.1, -0.05) is 0 Å². The molecule has 0 unspecified atom stereocenters. The topological polar surface area (TPSA) is 115 Å². The molecule has 0 atom stereocenters. The molecule has 2 rings (SSSR count). The first-order valence-electron chi connectivity index (χ1n) is 6.34. The van der Waals surface area contributed by atoms with Crippen LogP contribution in [0.15, 0.2) is 18.3 Å².